The standard InChI is InChI=1S/C13H26N2O2/c1-12(2,11(14)16)9-15-10-13(17)7-5-3-4-6-8-13/h15,17H,3-10H2,1-2H3,(H2,14,16). The van der Waals surface area contributed by atoms with Crippen molar-refractivity contribution < 1.29 is 9.90 Å². The van der Waals surface area contributed by atoms with Gasteiger partial charge in [0.1, 0.15) is 0 Å². The van der Waals surface area contributed by atoms with Gasteiger partial charge in [-0.05, 0) is 26.7 Å². The fourth-order valence-electron chi connectivity index (χ4n) is 2.26. The van der Waals surface area contributed by atoms with Crippen LogP contribution in [0.25, 0.3) is 0 Å². The second-order valence-corrected chi connectivity index (χ2v) is 5.99. The van der Waals surface area contributed by atoms with Crippen molar-refractivity contribution in [3.05, 3.63) is 0 Å². The molecule has 4 N–H and O–H groups in total. The largest absolute Gasteiger partial charge is 0.389 e. The molecule has 1 amide bonds. The number of carbonyl (C=O) groups is 1. The zero-order valence-corrected chi connectivity index (χ0v) is 11.1. The van der Waals surface area contributed by atoms with Gasteiger partial charge >= 0.3 is 0 Å². The van der Waals surface area contributed by atoms with Crippen molar-refractivity contribution in [1.82, 2.24) is 5.32 Å². The van der Waals surface area contributed by atoms with Crippen molar-refractivity contribution in [2.75, 3.05) is 13.1 Å². The SMILES string of the molecule is CC(C)(CNCC1(O)CCCCCC1)C(N)=O. The number of amides is 1. The number of rotatable bonds is 5. The van der Waals surface area contributed by atoms with Gasteiger partial charge in [0.25, 0.3) is 0 Å². The highest BCUT2D eigenvalue weighted by Gasteiger charge is 2.30. The summed E-state index contributed by atoms with van der Waals surface area (Å²) in [6.07, 6.45) is 6.34. The third-order valence-electron chi connectivity index (χ3n) is 3.72. The lowest BCUT2D eigenvalue weighted by molar-refractivity contribution is -0.125. The number of hydrogen-bond acceptors (Lipinski definition) is 3. The molecule has 1 rings (SSSR count). The van der Waals surface area contributed by atoms with Gasteiger partial charge in [0.15, 0.2) is 0 Å². The van der Waals surface area contributed by atoms with E-state index in [2.05, 4.69) is 5.32 Å². The van der Waals surface area contributed by atoms with E-state index in [1.54, 1.807) is 0 Å². The second kappa shape index (κ2) is 5.83. The maximum atomic E-state index is 11.2. The molecule has 1 fully saturated rings. The molecule has 0 aromatic rings. The van der Waals surface area contributed by atoms with E-state index in [0.29, 0.717) is 13.1 Å². The Hall–Kier alpha value is -0.610. The normalized spacial score (nSPS) is 20.9. The zero-order valence-electron chi connectivity index (χ0n) is 11.1. The van der Waals surface area contributed by atoms with Gasteiger partial charge in [-0.25, -0.2) is 0 Å². The predicted molar refractivity (Wildman–Crippen MR) is 68.5 cm³/mol. The third kappa shape index (κ3) is 4.64. The summed E-state index contributed by atoms with van der Waals surface area (Å²) in [5, 5.41) is 13.6. The first-order valence-electron chi connectivity index (χ1n) is 6.59. The van der Waals surface area contributed by atoms with Crippen LogP contribution in [0.5, 0.6) is 0 Å². The van der Waals surface area contributed by atoms with Crippen molar-refractivity contribution in [3.63, 3.8) is 0 Å². The van der Waals surface area contributed by atoms with E-state index in [-0.39, 0.29) is 5.91 Å². The molecular weight excluding hydrogens is 216 g/mol. The highest BCUT2D eigenvalue weighted by molar-refractivity contribution is 5.80. The summed E-state index contributed by atoms with van der Waals surface area (Å²) >= 11 is 0. The quantitative estimate of drug-likeness (QED) is 0.634. The maximum Gasteiger partial charge on any atom is 0.224 e. The van der Waals surface area contributed by atoms with Crippen LogP contribution in [0.4, 0.5) is 0 Å². The first-order chi connectivity index (χ1) is 7.86. The van der Waals surface area contributed by atoms with E-state index in [9.17, 15) is 9.90 Å². The Bertz CT molecular complexity index is 256. The number of primary amides is 1. The van der Waals surface area contributed by atoms with Crippen molar-refractivity contribution in [3.8, 4) is 0 Å². The van der Waals surface area contributed by atoms with Crippen molar-refractivity contribution >= 4 is 5.91 Å². The van der Waals surface area contributed by atoms with Gasteiger partial charge in [-0.1, -0.05) is 25.7 Å². The average molecular weight is 242 g/mol. The summed E-state index contributed by atoms with van der Waals surface area (Å²) in [7, 11) is 0. The average Bonchev–Trinajstić information content (AvgIpc) is 2.43. The van der Waals surface area contributed by atoms with Gasteiger partial charge in [-0.3, -0.25) is 4.79 Å². The van der Waals surface area contributed by atoms with Crippen LogP contribution in [0, 0.1) is 5.41 Å². The maximum absolute atomic E-state index is 11.2. The molecule has 0 spiro atoms. The Morgan fingerprint density at radius 1 is 1.29 bits per heavy atom. The molecule has 4 heteroatoms. The van der Waals surface area contributed by atoms with Gasteiger partial charge in [-0.15, -0.1) is 0 Å². The lowest BCUT2D eigenvalue weighted by atomic mass is 9.91. The minimum absolute atomic E-state index is 0.308. The second-order valence-electron chi connectivity index (χ2n) is 5.99. The number of carbonyl (C=O) groups excluding carboxylic acids is 1. The molecule has 1 aliphatic carbocycles. The van der Waals surface area contributed by atoms with Crippen molar-refractivity contribution in [2.45, 2.75) is 58.0 Å². The molecule has 0 unspecified atom stereocenters. The zero-order chi connectivity index (χ0) is 12.9. The molecule has 0 heterocycles. The fourth-order valence-corrected chi connectivity index (χ4v) is 2.26. The Kier molecular flexibility index (Phi) is 4.95. The Morgan fingerprint density at radius 3 is 2.29 bits per heavy atom. The van der Waals surface area contributed by atoms with E-state index in [0.717, 1.165) is 25.7 Å². The first kappa shape index (κ1) is 14.5. The van der Waals surface area contributed by atoms with Crippen LogP contribution in [-0.4, -0.2) is 29.7 Å². The van der Waals surface area contributed by atoms with Gasteiger partial charge in [0, 0.05) is 13.1 Å². The van der Waals surface area contributed by atoms with Crippen LogP contribution in [-0.2, 0) is 4.79 Å². The van der Waals surface area contributed by atoms with E-state index in [1.165, 1.54) is 12.8 Å². The topological polar surface area (TPSA) is 75.3 Å². The van der Waals surface area contributed by atoms with Crippen molar-refractivity contribution in [1.29, 1.82) is 0 Å². The van der Waals surface area contributed by atoms with Gasteiger partial charge in [0.2, 0.25) is 5.91 Å². The number of nitrogens with two attached hydrogens (primary N) is 1. The molecule has 100 valence electrons. The monoisotopic (exact) mass is 242 g/mol. The molecule has 17 heavy (non-hydrogen) atoms. The molecule has 0 saturated heterocycles. The fraction of sp³-hybridized carbons (Fsp3) is 0.923. The summed E-state index contributed by atoms with van der Waals surface area (Å²) < 4.78 is 0. The van der Waals surface area contributed by atoms with E-state index in [4.69, 9.17) is 5.73 Å². The highest BCUT2D eigenvalue weighted by Crippen LogP contribution is 2.26. The predicted octanol–water partition coefficient (Wildman–Crippen LogP) is 1.17. The lowest BCUT2D eigenvalue weighted by Crippen LogP contribution is -2.46. The molecule has 0 aromatic heterocycles. The van der Waals surface area contributed by atoms with Crippen LogP contribution in [0.3, 0.4) is 0 Å². The van der Waals surface area contributed by atoms with E-state index >= 15 is 0 Å². The molecule has 0 atom stereocenters. The molecule has 0 aromatic carbocycles. The lowest BCUT2D eigenvalue weighted by Gasteiger charge is -2.29. The first-order valence-corrected chi connectivity index (χ1v) is 6.59. The Balaban J connectivity index is 2.36. The van der Waals surface area contributed by atoms with Gasteiger partial charge in [0.05, 0.1) is 11.0 Å². The summed E-state index contributed by atoms with van der Waals surface area (Å²) in [5.41, 5.74) is 4.16. The molecular formula is C13H26N2O2. The summed E-state index contributed by atoms with van der Waals surface area (Å²) in [6.45, 7) is 4.72. The number of hydrogen-bond donors (Lipinski definition) is 3. The molecule has 1 saturated carbocycles. The Morgan fingerprint density at radius 2 is 1.82 bits per heavy atom. The Labute approximate surface area is 104 Å². The molecule has 1 aliphatic rings. The van der Waals surface area contributed by atoms with E-state index < -0.39 is 11.0 Å². The summed E-state index contributed by atoms with van der Waals surface area (Å²) in [5.74, 6) is -0.308. The third-order valence-corrected chi connectivity index (χ3v) is 3.72. The summed E-state index contributed by atoms with van der Waals surface area (Å²) in [6, 6.07) is 0. The van der Waals surface area contributed by atoms with E-state index in [1.807, 2.05) is 13.8 Å². The summed E-state index contributed by atoms with van der Waals surface area (Å²) in [4.78, 5) is 11.2. The molecule has 0 radical (unpaired) electrons. The smallest absolute Gasteiger partial charge is 0.224 e. The number of aliphatic hydroxyl groups is 1. The van der Waals surface area contributed by atoms with Crippen LogP contribution in [0.2, 0.25) is 0 Å². The van der Waals surface area contributed by atoms with Crippen LogP contribution < -0.4 is 11.1 Å². The highest BCUT2D eigenvalue weighted by atomic mass is 16.3. The molecule has 0 aliphatic heterocycles. The molecule has 0 bridgehead atoms. The van der Waals surface area contributed by atoms with Crippen molar-refractivity contribution in [2.24, 2.45) is 11.1 Å². The van der Waals surface area contributed by atoms with Crippen LogP contribution in [0.15, 0.2) is 0 Å². The minimum atomic E-state index is -0.593. The van der Waals surface area contributed by atoms with Crippen LogP contribution in [0.1, 0.15) is 52.4 Å². The van der Waals surface area contributed by atoms with Gasteiger partial charge < -0.3 is 16.2 Å². The van der Waals surface area contributed by atoms with Crippen LogP contribution >= 0.6 is 0 Å². The van der Waals surface area contributed by atoms with Gasteiger partial charge in [-0.2, -0.15) is 0 Å². The molecule has 4 nitrogen and oxygen atoms in total. The minimum Gasteiger partial charge on any atom is -0.389 e. The number of nitrogens with one attached hydrogen (secondary N) is 1.